The predicted molar refractivity (Wildman–Crippen MR) is 83.5 cm³/mol. The SMILES string of the molecule is NC(=O)c1csc(C(=O)Nc2ccc3c(c2)S(=O)(=O)C=C3)c1. The van der Waals surface area contributed by atoms with Crippen LogP contribution in [0.2, 0.25) is 0 Å². The van der Waals surface area contributed by atoms with Gasteiger partial charge in [0.1, 0.15) is 0 Å². The van der Waals surface area contributed by atoms with Gasteiger partial charge in [0.2, 0.25) is 15.7 Å². The Hall–Kier alpha value is -2.45. The van der Waals surface area contributed by atoms with E-state index in [-0.39, 0.29) is 10.5 Å². The number of fused-ring (bicyclic) bond motifs is 1. The highest BCUT2D eigenvalue weighted by Gasteiger charge is 2.21. The van der Waals surface area contributed by atoms with Crippen molar-refractivity contribution in [2.45, 2.75) is 4.90 Å². The molecule has 0 atom stereocenters. The summed E-state index contributed by atoms with van der Waals surface area (Å²) in [5.74, 6) is -1.04. The second-order valence-electron chi connectivity index (χ2n) is 4.62. The molecule has 2 amide bonds. The van der Waals surface area contributed by atoms with Gasteiger partial charge in [0, 0.05) is 16.5 Å². The molecule has 0 aliphatic carbocycles. The molecule has 8 heteroatoms. The number of thiophene rings is 1. The summed E-state index contributed by atoms with van der Waals surface area (Å²) < 4.78 is 23.6. The van der Waals surface area contributed by atoms with E-state index in [4.69, 9.17) is 5.73 Å². The molecule has 0 saturated carbocycles. The van der Waals surface area contributed by atoms with E-state index in [0.717, 1.165) is 16.7 Å². The van der Waals surface area contributed by atoms with Crippen molar-refractivity contribution in [3.05, 3.63) is 51.1 Å². The van der Waals surface area contributed by atoms with E-state index in [0.29, 0.717) is 16.1 Å². The number of anilines is 1. The van der Waals surface area contributed by atoms with Gasteiger partial charge in [-0.1, -0.05) is 6.07 Å². The Morgan fingerprint density at radius 1 is 1.18 bits per heavy atom. The van der Waals surface area contributed by atoms with Crippen LogP contribution in [0.3, 0.4) is 0 Å². The van der Waals surface area contributed by atoms with Crippen molar-refractivity contribution in [1.82, 2.24) is 0 Å². The Labute approximate surface area is 130 Å². The van der Waals surface area contributed by atoms with Crippen LogP contribution in [-0.2, 0) is 9.84 Å². The fourth-order valence-electron chi connectivity index (χ4n) is 2.01. The summed E-state index contributed by atoms with van der Waals surface area (Å²) >= 11 is 1.09. The van der Waals surface area contributed by atoms with Crippen molar-refractivity contribution in [1.29, 1.82) is 0 Å². The van der Waals surface area contributed by atoms with Crippen molar-refractivity contribution in [2.75, 3.05) is 5.32 Å². The van der Waals surface area contributed by atoms with E-state index in [9.17, 15) is 18.0 Å². The standard InChI is InChI=1S/C14H10N2O4S2/c15-13(17)9-5-11(21-7-9)14(18)16-10-2-1-8-3-4-22(19,20)12(8)6-10/h1-7H,(H2,15,17)(H,16,18). The summed E-state index contributed by atoms with van der Waals surface area (Å²) in [5.41, 5.74) is 6.35. The van der Waals surface area contributed by atoms with Gasteiger partial charge in [-0.15, -0.1) is 11.3 Å². The van der Waals surface area contributed by atoms with Gasteiger partial charge in [-0.05, 0) is 29.8 Å². The first kappa shape index (κ1) is 14.5. The van der Waals surface area contributed by atoms with Gasteiger partial charge >= 0.3 is 0 Å². The van der Waals surface area contributed by atoms with Gasteiger partial charge in [0.25, 0.3) is 5.91 Å². The summed E-state index contributed by atoms with van der Waals surface area (Å²) in [6, 6.07) is 6.04. The zero-order chi connectivity index (χ0) is 15.9. The van der Waals surface area contributed by atoms with E-state index in [1.54, 1.807) is 12.1 Å². The lowest BCUT2D eigenvalue weighted by Crippen LogP contribution is -2.12. The molecule has 112 valence electrons. The van der Waals surface area contributed by atoms with Gasteiger partial charge in [-0.3, -0.25) is 9.59 Å². The molecule has 3 rings (SSSR count). The number of nitrogens with one attached hydrogen (secondary N) is 1. The van der Waals surface area contributed by atoms with Crippen LogP contribution < -0.4 is 11.1 Å². The molecule has 1 aliphatic rings. The summed E-state index contributed by atoms with van der Waals surface area (Å²) in [6.45, 7) is 0. The minimum absolute atomic E-state index is 0.161. The number of nitrogens with two attached hydrogens (primary N) is 1. The van der Waals surface area contributed by atoms with Gasteiger partial charge < -0.3 is 11.1 Å². The molecule has 3 N–H and O–H groups in total. The van der Waals surface area contributed by atoms with Gasteiger partial charge in [-0.2, -0.15) is 0 Å². The molecular formula is C14H10N2O4S2. The van der Waals surface area contributed by atoms with Crippen LogP contribution in [0.25, 0.3) is 6.08 Å². The van der Waals surface area contributed by atoms with Crippen molar-refractivity contribution in [3.8, 4) is 0 Å². The fourth-order valence-corrected chi connectivity index (χ4v) is 4.03. The molecule has 6 nitrogen and oxygen atoms in total. The quantitative estimate of drug-likeness (QED) is 0.893. The van der Waals surface area contributed by atoms with Gasteiger partial charge in [-0.25, -0.2) is 8.42 Å². The predicted octanol–water partition coefficient (Wildman–Crippen LogP) is 1.86. The fraction of sp³-hybridized carbons (Fsp3) is 0. The zero-order valence-electron chi connectivity index (χ0n) is 11.1. The number of benzene rings is 1. The molecule has 2 aromatic rings. The summed E-state index contributed by atoms with van der Waals surface area (Å²) in [4.78, 5) is 23.6. The molecule has 1 aromatic heterocycles. The Morgan fingerprint density at radius 2 is 1.95 bits per heavy atom. The van der Waals surface area contributed by atoms with E-state index in [1.807, 2.05) is 0 Å². The van der Waals surface area contributed by atoms with Crippen LogP contribution in [0.4, 0.5) is 5.69 Å². The number of carbonyl (C=O) groups excluding carboxylic acids is 2. The third-order valence-electron chi connectivity index (χ3n) is 3.11. The highest BCUT2D eigenvalue weighted by atomic mass is 32.2. The molecular weight excluding hydrogens is 324 g/mol. The molecule has 1 aromatic carbocycles. The Kier molecular flexibility index (Phi) is 3.34. The van der Waals surface area contributed by atoms with E-state index >= 15 is 0 Å². The van der Waals surface area contributed by atoms with Crippen LogP contribution in [0, 0.1) is 0 Å². The zero-order valence-corrected chi connectivity index (χ0v) is 12.7. The summed E-state index contributed by atoms with van der Waals surface area (Å²) in [5, 5.41) is 5.23. The number of hydrogen-bond donors (Lipinski definition) is 2. The second kappa shape index (κ2) is 5.08. The Balaban J connectivity index is 1.85. The maximum absolute atomic E-state index is 12.1. The number of amides is 2. The smallest absolute Gasteiger partial charge is 0.265 e. The van der Waals surface area contributed by atoms with E-state index in [1.165, 1.54) is 23.6 Å². The van der Waals surface area contributed by atoms with E-state index in [2.05, 4.69) is 5.32 Å². The van der Waals surface area contributed by atoms with Crippen LogP contribution in [0.15, 0.2) is 39.9 Å². The first-order valence-electron chi connectivity index (χ1n) is 6.14. The first-order chi connectivity index (χ1) is 10.4. The number of hydrogen-bond acceptors (Lipinski definition) is 5. The minimum atomic E-state index is -3.43. The number of primary amides is 1. The Bertz CT molecular complexity index is 926. The largest absolute Gasteiger partial charge is 0.366 e. The third kappa shape index (κ3) is 2.53. The monoisotopic (exact) mass is 334 g/mol. The highest BCUT2D eigenvalue weighted by Crippen LogP contribution is 2.29. The molecule has 22 heavy (non-hydrogen) atoms. The highest BCUT2D eigenvalue weighted by molar-refractivity contribution is 7.94. The molecule has 0 saturated heterocycles. The lowest BCUT2D eigenvalue weighted by molar-refractivity contribution is 0.100. The van der Waals surface area contributed by atoms with Crippen molar-refractivity contribution in [3.63, 3.8) is 0 Å². The number of carbonyl (C=O) groups is 2. The topological polar surface area (TPSA) is 106 Å². The van der Waals surface area contributed by atoms with Gasteiger partial charge in [0.05, 0.1) is 15.3 Å². The normalized spacial score (nSPS) is 14.5. The average molecular weight is 334 g/mol. The number of sulfone groups is 1. The van der Waals surface area contributed by atoms with E-state index < -0.39 is 21.7 Å². The van der Waals surface area contributed by atoms with Gasteiger partial charge in [0.15, 0.2) is 0 Å². The van der Waals surface area contributed by atoms with Crippen LogP contribution in [-0.4, -0.2) is 20.2 Å². The summed E-state index contributed by atoms with van der Waals surface area (Å²) in [7, 11) is -3.43. The van der Waals surface area contributed by atoms with Crippen LogP contribution >= 0.6 is 11.3 Å². The molecule has 0 spiro atoms. The average Bonchev–Trinajstić information content (AvgIpc) is 3.05. The molecule has 0 fully saturated rings. The number of rotatable bonds is 3. The molecule has 0 unspecified atom stereocenters. The molecule has 0 bridgehead atoms. The third-order valence-corrected chi connectivity index (χ3v) is 5.50. The molecule has 0 radical (unpaired) electrons. The second-order valence-corrected chi connectivity index (χ2v) is 7.33. The van der Waals surface area contributed by atoms with Crippen molar-refractivity contribution in [2.24, 2.45) is 5.73 Å². The van der Waals surface area contributed by atoms with Crippen molar-refractivity contribution < 1.29 is 18.0 Å². The van der Waals surface area contributed by atoms with Crippen LogP contribution in [0.1, 0.15) is 25.6 Å². The maximum Gasteiger partial charge on any atom is 0.265 e. The summed E-state index contributed by atoms with van der Waals surface area (Å²) in [6.07, 6.45) is 1.51. The lowest BCUT2D eigenvalue weighted by Gasteiger charge is -2.06. The minimum Gasteiger partial charge on any atom is -0.366 e. The van der Waals surface area contributed by atoms with Crippen LogP contribution in [0.5, 0.6) is 0 Å². The lowest BCUT2D eigenvalue weighted by atomic mass is 10.2. The van der Waals surface area contributed by atoms with Crippen molar-refractivity contribution >= 4 is 44.8 Å². The molecule has 2 heterocycles. The first-order valence-corrected chi connectivity index (χ1v) is 8.56. The molecule has 1 aliphatic heterocycles. The Morgan fingerprint density at radius 3 is 2.64 bits per heavy atom. The maximum atomic E-state index is 12.1.